The van der Waals surface area contributed by atoms with Crippen LogP contribution in [0.15, 0.2) is 12.5 Å². The van der Waals surface area contributed by atoms with Crippen LogP contribution in [0.5, 0.6) is 0 Å². The highest BCUT2D eigenvalue weighted by molar-refractivity contribution is 5.86. The molecule has 0 amide bonds. The third kappa shape index (κ3) is 2.81. The van der Waals surface area contributed by atoms with E-state index in [9.17, 15) is 4.79 Å². The number of nitrogens with zero attached hydrogens (tertiary/aromatic N) is 2. The molecule has 0 radical (unpaired) electrons. The molecule has 0 aliphatic rings. The van der Waals surface area contributed by atoms with Crippen LogP contribution in [0.2, 0.25) is 0 Å². The second kappa shape index (κ2) is 4.96. The quantitative estimate of drug-likeness (QED) is 0.716. The number of imidazole rings is 1. The zero-order valence-electron chi connectivity index (χ0n) is 9.73. The van der Waals surface area contributed by atoms with E-state index >= 15 is 0 Å². The maximum absolute atomic E-state index is 11.4. The minimum absolute atomic E-state index is 0.334. The predicted molar refractivity (Wildman–Crippen MR) is 57.7 cm³/mol. The van der Waals surface area contributed by atoms with Crippen molar-refractivity contribution in [1.29, 1.82) is 0 Å². The fourth-order valence-corrected chi connectivity index (χ4v) is 1.21. The minimum Gasteiger partial charge on any atom is -0.461 e. The Kier molecular flexibility index (Phi) is 3.88. The Labute approximate surface area is 90.3 Å². The summed E-state index contributed by atoms with van der Waals surface area (Å²) in [6, 6.07) is 0.334. The van der Waals surface area contributed by atoms with Gasteiger partial charge in [-0.3, -0.25) is 0 Å². The fraction of sp³-hybridized carbons (Fsp3) is 0.636. The van der Waals surface area contributed by atoms with Gasteiger partial charge in [-0.1, -0.05) is 13.8 Å². The highest BCUT2D eigenvalue weighted by Gasteiger charge is 2.14. The van der Waals surface area contributed by atoms with E-state index in [1.807, 2.05) is 4.57 Å². The average Bonchev–Trinajstić information content (AvgIpc) is 2.65. The number of aromatic nitrogens is 2. The zero-order valence-corrected chi connectivity index (χ0v) is 9.73. The van der Waals surface area contributed by atoms with Gasteiger partial charge in [0.2, 0.25) is 0 Å². The Balaban J connectivity index is 2.76. The van der Waals surface area contributed by atoms with Gasteiger partial charge in [0.15, 0.2) is 5.69 Å². The van der Waals surface area contributed by atoms with Crippen molar-refractivity contribution in [3.05, 3.63) is 18.2 Å². The summed E-state index contributed by atoms with van der Waals surface area (Å²) in [5, 5.41) is 0. The van der Waals surface area contributed by atoms with Crippen molar-refractivity contribution in [2.75, 3.05) is 6.61 Å². The molecule has 0 spiro atoms. The summed E-state index contributed by atoms with van der Waals surface area (Å²) in [5.41, 5.74) is 0.379. The molecular weight excluding hydrogens is 192 g/mol. The van der Waals surface area contributed by atoms with E-state index in [0.29, 0.717) is 24.3 Å². The summed E-state index contributed by atoms with van der Waals surface area (Å²) in [7, 11) is 0. The zero-order chi connectivity index (χ0) is 11.4. The number of ether oxygens (including phenoxy) is 1. The number of carbonyl (C=O) groups excluding carboxylic acids is 1. The lowest BCUT2D eigenvalue weighted by molar-refractivity contribution is 0.0520. The van der Waals surface area contributed by atoms with Crippen molar-refractivity contribution in [2.45, 2.75) is 33.7 Å². The smallest absolute Gasteiger partial charge is 0.358 e. The van der Waals surface area contributed by atoms with Crippen LogP contribution in [0, 0.1) is 5.92 Å². The summed E-state index contributed by atoms with van der Waals surface area (Å²) in [6.07, 6.45) is 3.42. The summed E-state index contributed by atoms with van der Waals surface area (Å²) in [5.74, 6) is 0.154. The second-order valence-corrected chi connectivity index (χ2v) is 3.91. The van der Waals surface area contributed by atoms with Crippen LogP contribution >= 0.6 is 0 Å². The van der Waals surface area contributed by atoms with E-state index in [4.69, 9.17) is 4.74 Å². The van der Waals surface area contributed by atoms with E-state index in [2.05, 4.69) is 25.8 Å². The topological polar surface area (TPSA) is 44.1 Å². The van der Waals surface area contributed by atoms with Crippen LogP contribution in [0.25, 0.3) is 0 Å². The van der Waals surface area contributed by atoms with Gasteiger partial charge in [0.05, 0.1) is 12.9 Å². The van der Waals surface area contributed by atoms with Crippen molar-refractivity contribution in [3.63, 3.8) is 0 Å². The molecule has 4 heteroatoms. The molecule has 84 valence electrons. The Morgan fingerprint density at radius 1 is 1.53 bits per heavy atom. The molecule has 0 fully saturated rings. The van der Waals surface area contributed by atoms with Crippen LogP contribution in [0.3, 0.4) is 0 Å². The van der Waals surface area contributed by atoms with Gasteiger partial charge in [0, 0.05) is 12.2 Å². The molecule has 1 rings (SSSR count). The van der Waals surface area contributed by atoms with Gasteiger partial charge < -0.3 is 9.30 Å². The third-order valence-corrected chi connectivity index (χ3v) is 2.52. The molecule has 15 heavy (non-hydrogen) atoms. The lowest BCUT2D eigenvalue weighted by Crippen LogP contribution is -2.10. The molecule has 0 aromatic carbocycles. The van der Waals surface area contributed by atoms with Crippen molar-refractivity contribution >= 4 is 5.97 Å². The SMILES string of the molecule is CCOC(=O)c1cn([C@@H](C)C(C)C)cn1. The lowest BCUT2D eigenvalue weighted by atomic mass is 10.1. The first-order chi connectivity index (χ1) is 7.06. The normalized spacial score (nSPS) is 12.9. The maximum Gasteiger partial charge on any atom is 0.358 e. The molecule has 0 bridgehead atoms. The molecule has 1 aromatic rings. The van der Waals surface area contributed by atoms with Crippen molar-refractivity contribution < 1.29 is 9.53 Å². The van der Waals surface area contributed by atoms with Crippen molar-refractivity contribution in [2.24, 2.45) is 5.92 Å². The van der Waals surface area contributed by atoms with Crippen molar-refractivity contribution in [3.8, 4) is 0 Å². The van der Waals surface area contributed by atoms with Crippen LogP contribution in [-0.2, 0) is 4.74 Å². The van der Waals surface area contributed by atoms with Gasteiger partial charge >= 0.3 is 5.97 Å². The summed E-state index contributed by atoms with van der Waals surface area (Å²) >= 11 is 0. The first-order valence-electron chi connectivity index (χ1n) is 5.26. The fourth-order valence-electron chi connectivity index (χ4n) is 1.21. The van der Waals surface area contributed by atoms with Crippen LogP contribution in [0.1, 0.15) is 44.2 Å². The van der Waals surface area contributed by atoms with E-state index < -0.39 is 0 Å². The molecule has 0 unspecified atom stereocenters. The Hall–Kier alpha value is -1.32. The molecule has 1 heterocycles. The van der Waals surface area contributed by atoms with Crippen molar-refractivity contribution in [1.82, 2.24) is 9.55 Å². The number of esters is 1. The molecule has 1 aromatic heterocycles. The number of rotatable bonds is 4. The van der Waals surface area contributed by atoms with Gasteiger partial charge in [-0.05, 0) is 19.8 Å². The van der Waals surface area contributed by atoms with Gasteiger partial charge in [0.1, 0.15) is 0 Å². The molecular formula is C11H18N2O2. The van der Waals surface area contributed by atoms with E-state index in [1.54, 1.807) is 19.4 Å². The molecule has 0 saturated heterocycles. The first-order valence-corrected chi connectivity index (χ1v) is 5.26. The number of hydrogen-bond acceptors (Lipinski definition) is 3. The Bertz CT molecular complexity index is 331. The molecule has 0 aliphatic heterocycles. The van der Waals surface area contributed by atoms with E-state index in [-0.39, 0.29) is 5.97 Å². The van der Waals surface area contributed by atoms with Gasteiger partial charge in [0.25, 0.3) is 0 Å². The number of carbonyl (C=O) groups is 1. The summed E-state index contributed by atoms with van der Waals surface area (Å²) < 4.78 is 6.81. The van der Waals surface area contributed by atoms with Crippen LogP contribution < -0.4 is 0 Å². The molecule has 0 saturated carbocycles. The Morgan fingerprint density at radius 3 is 2.73 bits per heavy atom. The van der Waals surface area contributed by atoms with E-state index in [1.165, 1.54) is 0 Å². The molecule has 4 nitrogen and oxygen atoms in total. The predicted octanol–water partition coefficient (Wildman–Crippen LogP) is 2.28. The third-order valence-electron chi connectivity index (χ3n) is 2.52. The first kappa shape index (κ1) is 11.8. The van der Waals surface area contributed by atoms with Crippen LogP contribution in [0.4, 0.5) is 0 Å². The lowest BCUT2D eigenvalue weighted by Gasteiger charge is -2.16. The largest absolute Gasteiger partial charge is 0.461 e. The van der Waals surface area contributed by atoms with Crippen LogP contribution in [-0.4, -0.2) is 22.1 Å². The number of hydrogen-bond donors (Lipinski definition) is 0. The minimum atomic E-state index is -0.354. The highest BCUT2D eigenvalue weighted by Crippen LogP contribution is 2.16. The van der Waals surface area contributed by atoms with E-state index in [0.717, 1.165) is 0 Å². The monoisotopic (exact) mass is 210 g/mol. The summed E-state index contributed by atoms with van der Waals surface area (Å²) in [6.45, 7) is 8.53. The highest BCUT2D eigenvalue weighted by atomic mass is 16.5. The standard InChI is InChI=1S/C11H18N2O2/c1-5-15-11(14)10-6-13(7-12-10)9(4)8(2)3/h6-9H,5H2,1-4H3/t9-/m0/s1. The summed E-state index contributed by atoms with van der Waals surface area (Å²) in [4.78, 5) is 15.4. The second-order valence-electron chi connectivity index (χ2n) is 3.91. The maximum atomic E-state index is 11.4. The molecule has 0 aliphatic carbocycles. The Morgan fingerprint density at radius 2 is 2.20 bits per heavy atom. The molecule has 1 atom stereocenters. The van der Waals surface area contributed by atoms with Gasteiger partial charge in [-0.15, -0.1) is 0 Å². The van der Waals surface area contributed by atoms with Gasteiger partial charge in [-0.25, -0.2) is 9.78 Å². The average molecular weight is 210 g/mol. The van der Waals surface area contributed by atoms with Gasteiger partial charge in [-0.2, -0.15) is 0 Å². The molecule has 0 N–H and O–H groups in total.